The minimum Gasteiger partial charge on any atom is -0.497 e. The highest BCUT2D eigenvalue weighted by Crippen LogP contribution is 2.32. The number of carbonyl (C=O) groups excluding carboxylic acids is 1. The molecular weight excluding hydrogens is 471 g/mol. The van der Waals surface area contributed by atoms with Gasteiger partial charge in [0.15, 0.2) is 0 Å². The maximum absolute atomic E-state index is 11.6. The van der Waals surface area contributed by atoms with Gasteiger partial charge in [-0.25, -0.2) is 0 Å². The van der Waals surface area contributed by atoms with Crippen LogP contribution < -0.4 is 19.5 Å². The summed E-state index contributed by atoms with van der Waals surface area (Å²) in [5, 5.41) is 5.36. The second kappa shape index (κ2) is 10.3. The molecule has 2 N–H and O–H groups in total. The van der Waals surface area contributed by atoms with Crippen molar-refractivity contribution in [3.05, 3.63) is 42.5 Å². The number of hydrogen-bond acceptors (Lipinski definition) is 6. The average molecular weight is 486 g/mol. The molecule has 1 amide bonds. The van der Waals surface area contributed by atoms with Crippen LogP contribution in [-0.2, 0) is 4.79 Å². The summed E-state index contributed by atoms with van der Waals surface area (Å²) in [6, 6.07) is 13.0. The third kappa shape index (κ3) is 6.26. The molecule has 0 aliphatic rings. The average Bonchev–Trinajstić information content (AvgIpc) is 2.65. The van der Waals surface area contributed by atoms with Crippen molar-refractivity contribution in [2.24, 2.45) is 0 Å². The van der Waals surface area contributed by atoms with Crippen molar-refractivity contribution >= 4 is 59.4 Å². The van der Waals surface area contributed by atoms with Crippen molar-refractivity contribution in [3.8, 4) is 22.7 Å². The zero-order valence-corrected chi connectivity index (χ0v) is 17.3. The number of amides is 1. The first-order valence-corrected chi connectivity index (χ1v) is 11.2. The fraction of sp³-hybridized carbons (Fsp3) is 0.118. The van der Waals surface area contributed by atoms with Gasteiger partial charge in [-0.2, -0.15) is 0 Å². The first-order valence-electron chi connectivity index (χ1n) is 7.00. The molecule has 0 aliphatic carbocycles. The van der Waals surface area contributed by atoms with E-state index in [1.807, 2.05) is 63.7 Å². The summed E-state index contributed by atoms with van der Waals surface area (Å²) in [6.07, 6.45) is 0. The SMILES string of the molecule is COc1ccc(OC)c(NSc2ccc(NC(=O)C#CSI)cc2)c1. The highest BCUT2D eigenvalue weighted by atomic mass is 127. The molecule has 0 aliphatic heterocycles. The summed E-state index contributed by atoms with van der Waals surface area (Å²) >= 11 is 3.45. The van der Waals surface area contributed by atoms with Gasteiger partial charge < -0.3 is 19.5 Å². The molecule has 2 rings (SSSR count). The highest BCUT2D eigenvalue weighted by molar-refractivity contribution is 14.2. The maximum atomic E-state index is 11.6. The first-order chi connectivity index (χ1) is 12.2. The lowest BCUT2D eigenvalue weighted by molar-refractivity contribution is -0.111. The van der Waals surface area contributed by atoms with Gasteiger partial charge in [-0.05, 0) is 62.5 Å². The van der Waals surface area contributed by atoms with E-state index in [1.165, 1.54) is 20.9 Å². The van der Waals surface area contributed by atoms with Crippen LogP contribution in [0.15, 0.2) is 47.4 Å². The molecule has 0 bridgehead atoms. The summed E-state index contributed by atoms with van der Waals surface area (Å²) in [4.78, 5) is 12.5. The van der Waals surface area contributed by atoms with Crippen molar-refractivity contribution in [1.82, 2.24) is 0 Å². The Bertz CT molecular complexity index is 789. The zero-order chi connectivity index (χ0) is 18.1. The van der Waals surface area contributed by atoms with Crippen molar-refractivity contribution in [2.75, 3.05) is 24.3 Å². The fourth-order valence-corrected chi connectivity index (χ4v) is 2.96. The van der Waals surface area contributed by atoms with Crippen LogP contribution in [0.1, 0.15) is 0 Å². The van der Waals surface area contributed by atoms with Crippen LogP contribution in [0.3, 0.4) is 0 Å². The monoisotopic (exact) mass is 486 g/mol. The van der Waals surface area contributed by atoms with Crippen LogP contribution in [0.25, 0.3) is 0 Å². The Labute approximate surface area is 167 Å². The summed E-state index contributed by atoms with van der Waals surface area (Å²) in [6.45, 7) is 0. The van der Waals surface area contributed by atoms with Crippen LogP contribution in [0, 0.1) is 11.2 Å². The fourth-order valence-electron chi connectivity index (χ4n) is 1.84. The molecule has 0 radical (unpaired) electrons. The van der Waals surface area contributed by atoms with Crippen molar-refractivity contribution in [3.63, 3.8) is 0 Å². The predicted molar refractivity (Wildman–Crippen MR) is 113 cm³/mol. The smallest absolute Gasteiger partial charge is 0.301 e. The number of hydrogen-bond donors (Lipinski definition) is 2. The van der Waals surface area contributed by atoms with Crippen molar-refractivity contribution < 1.29 is 14.3 Å². The van der Waals surface area contributed by atoms with Crippen molar-refractivity contribution in [2.45, 2.75) is 4.90 Å². The van der Waals surface area contributed by atoms with Gasteiger partial charge in [-0.15, -0.1) is 0 Å². The van der Waals surface area contributed by atoms with Crippen LogP contribution >= 0.6 is 42.1 Å². The quantitative estimate of drug-likeness (QED) is 0.348. The largest absolute Gasteiger partial charge is 0.497 e. The third-order valence-electron chi connectivity index (χ3n) is 3.00. The maximum Gasteiger partial charge on any atom is 0.301 e. The molecule has 25 heavy (non-hydrogen) atoms. The van der Waals surface area contributed by atoms with Crippen LogP contribution in [0.5, 0.6) is 11.5 Å². The number of rotatable bonds is 6. The molecule has 0 atom stereocenters. The molecule has 0 heterocycles. The Morgan fingerprint density at radius 2 is 1.88 bits per heavy atom. The van der Waals surface area contributed by atoms with Gasteiger partial charge in [-0.1, -0.05) is 0 Å². The van der Waals surface area contributed by atoms with Gasteiger partial charge in [-0.3, -0.25) is 4.79 Å². The van der Waals surface area contributed by atoms with E-state index in [-0.39, 0.29) is 5.91 Å². The van der Waals surface area contributed by atoms with E-state index in [0.717, 1.165) is 22.1 Å². The minimum absolute atomic E-state index is 0.330. The molecule has 2 aromatic carbocycles. The van der Waals surface area contributed by atoms with Crippen molar-refractivity contribution in [1.29, 1.82) is 0 Å². The normalized spacial score (nSPS) is 9.56. The number of anilines is 2. The lowest BCUT2D eigenvalue weighted by Crippen LogP contribution is -2.07. The van der Waals surface area contributed by atoms with Gasteiger partial charge in [0.05, 0.1) is 19.9 Å². The molecule has 0 aromatic heterocycles. The van der Waals surface area contributed by atoms with Gasteiger partial charge in [0.2, 0.25) is 0 Å². The molecular formula is C17H15IN2O3S2. The second-order valence-corrected chi connectivity index (χ2v) is 7.11. The van der Waals surface area contributed by atoms with E-state index < -0.39 is 0 Å². The second-order valence-electron chi connectivity index (χ2n) is 4.55. The molecule has 0 spiro atoms. The Morgan fingerprint density at radius 3 is 2.52 bits per heavy atom. The predicted octanol–water partition coefficient (Wildman–Crippen LogP) is 4.81. The Balaban J connectivity index is 1.99. The summed E-state index contributed by atoms with van der Waals surface area (Å²) in [5.41, 5.74) is 1.51. The standard InChI is InChI=1S/C17H15IN2O3S2/c1-22-13-5-8-16(23-2)15(11-13)20-25-14-6-3-12(4-7-14)19-17(21)9-10-24-18/h3-8,11,20H,1-2H3,(H,19,21). The van der Waals surface area contributed by atoms with E-state index in [1.54, 1.807) is 14.2 Å². The van der Waals surface area contributed by atoms with E-state index in [0.29, 0.717) is 5.69 Å². The zero-order valence-electron chi connectivity index (χ0n) is 13.5. The molecule has 8 heteroatoms. The van der Waals surface area contributed by atoms with E-state index >= 15 is 0 Å². The van der Waals surface area contributed by atoms with Gasteiger partial charge in [0.1, 0.15) is 11.5 Å². The topological polar surface area (TPSA) is 59.6 Å². The highest BCUT2D eigenvalue weighted by Gasteiger charge is 2.06. The molecule has 0 saturated carbocycles. The van der Waals surface area contributed by atoms with E-state index in [2.05, 4.69) is 21.2 Å². The number of nitrogens with one attached hydrogen (secondary N) is 2. The van der Waals surface area contributed by atoms with Gasteiger partial charge >= 0.3 is 5.91 Å². The number of carbonyl (C=O) groups is 1. The van der Waals surface area contributed by atoms with Gasteiger partial charge in [0.25, 0.3) is 0 Å². The molecule has 0 fully saturated rings. The molecule has 5 nitrogen and oxygen atoms in total. The minimum atomic E-state index is -0.330. The number of halogens is 1. The number of methoxy groups -OCH3 is 2. The van der Waals surface area contributed by atoms with E-state index in [9.17, 15) is 4.79 Å². The Morgan fingerprint density at radius 1 is 1.12 bits per heavy atom. The Hall–Kier alpha value is -1.70. The lowest BCUT2D eigenvalue weighted by atomic mass is 10.3. The van der Waals surface area contributed by atoms with Gasteiger partial charge in [0, 0.05) is 43.8 Å². The number of benzene rings is 2. The summed E-state index contributed by atoms with van der Waals surface area (Å²) in [5.74, 6) is 3.62. The molecule has 0 unspecified atom stereocenters. The third-order valence-corrected chi connectivity index (χ3v) is 4.67. The van der Waals surface area contributed by atoms with Crippen LogP contribution in [0.4, 0.5) is 11.4 Å². The lowest BCUT2D eigenvalue weighted by Gasteiger charge is -2.12. The van der Waals surface area contributed by atoms with Crippen LogP contribution in [0.2, 0.25) is 0 Å². The van der Waals surface area contributed by atoms with E-state index in [4.69, 9.17) is 9.47 Å². The molecule has 130 valence electrons. The summed E-state index contributed by atoms with van der Waals surface area (Å²) < 4.78 is 13.8. The molecule has 2 aromatic rings. The molecule has 0 saturated heterocycles. The first kappa shape index (κ1) is 19.6. The summed E-state index contributed by atoms with van der Waals surface area (Å²) in [7, 11) is 4.51. The van der Waals surface area contributed by atoms with Crippen LogP contribution in [-0.4, -0.2) is 20.1 Å². The Kier molecular flexibility index (Phi) is 8.11. The number of ether oxygens (including phenoxy) is 2.